The van der Waals surface area contributed by atoms with Gasteiger partial charge in [-0.1, -0.05) is 12.1 Å². The molecule has 0 bridgehead atoms. The molecule has 0 fully saturated rings. The summed E-state index contributed by atoms with van der Waals surface area (Å²) in [6.07, 6.45) is 0.147. The first kappa shape index (κ1) is 13.5. The first-order valence-electron chi connectivity index (χ1n) is 5.55. The maximum absolute atomic E-state index is 12.1. The number of nitrogen functional groups attached to an aromatic ring is 1. The van der Waals surface area contributed by atoms with E-state index < -0.39 is 6.10 Å². The van der Waals surface area contributed by atoms with E-state index >= 15 is 0 Å². The third kappa shape index (κ3) is 3.72. The topological polar surface area (TPSA) is 78.6 Å². The molecule has 0 aliphatic heterocycles. The molecule has 1 rings (SSSR count). The number of aliphatic hydroxyl groups excluding tert-OH is 1. The van der Waals surface area contributed by atoms with Crippen molar-refractivity contribution in [2.24, 2.45) is 5.84 Å². The average molecular weight is 237 g/mol. The van der Waals surface area contributed by atoms with Crippen molar-refractivity contribution in [1.29, 1.82) is 0 Å². The van der Waals surface area contributed by atoms with Crippen molar-refractivity contribution in [2.45, 2.75) is 19.4 Å². The number of amides is 1. The number of nitrogens with two attached hydrogens (primary N) is 1. The summed E-state index contributed by atoms with van der Waals surface area (Å²) in [5, 5.41) is 9.18. The molecule has 0 saturated carbocycles. The van der Waals surface area contributed by atoms with Gasteiger partial charge in [-0.2, -0.15) is 0 Å². The SMILES string of the molecule is CC(O)CCN(C)C(=O)c1ccccc1NN. The Morgan fingerprint density at radius 2 is 2.18 bits per heavy atom. The maximum atomic E-state index is 12.1. The number of rotatable bonds is 5. The number of aliphatic hydroxyl groups is 1. The van der Waals surface area contributed by atoms with Crippen LogP contribution < -0.4 is 11.3 Å². The van der Waals surface area contributed by atoms with Gasteiger partial charge in [0.25, 0.3) is 5.91 Å². The highest BCUT2D eigenvalue weighted by atomic mass is 16.3. The number of carbonyl (C=O) groups is 1. The van der Waals surface area contributed by atoms with E-state index in [2.05, 4.69) is 5.43 Å². The fraction of sp³-hybridized carbons (Fsp3) is 0.417. The van der Waals surface area contributed by atoms with E-state index in [1.807, 2.05) is 6.07 Å². The molecule has 0 heterocycles. The van der Waals surface area contributed by atoms with Crippen molar-refractivity contribution in [3.8, 4) is 0 Å². The summed E-state index contributed by atoms with van der Waals surface area (Å²) in [6.45, 7) is 2.21. The van der Waals surface area contributed by atoms with Crippen molar-refractivity contribution in [3.05, 3.63) is 29.8 Å². The molecule has 1 amide bonds. The highest BCUT2D eigenvalue weighted by Crippen LogP contribution is 2.15. The minimum atomic E-state index is -0.409. The van der Waals surface area contributed by atoms with Crippen LogP contribution in [0, 0.1) is 0 Å². The largest absolute Gasteiger partial charge is 0.393 e. The summed E-state index contributed by atoms with van der Waals surface area (Å²) in [6, 6.07) is 7.06. The summed E-state index contributed by atoms with van der Waals surface area (Å²) < 4.78 is 0. The number of para-hydroxylation sites is 1. The second-order valence-electron chi connectivity index (χ2n) is 4.05. The van der Waals surface area contributed by atoms with Crippen LogP contribution in [-0.4, -0.2) is 35.6 Å². The fourth-order valence-electron chi connectivity index (χ4n) is 1.48. The number of hydrogen-bond donors (Lipinski definition) is 3. The number of anilines is 1. The van der Waals surface area contributed by atoms with Gasteiger partial charge in [0.15, 0.2) is 0 Å². The molecule has 1 atom stereocenters. The van der Waals surface area contributed by atoms with Crippen molar-refractivity contribution < 1.29 is 9.90 Å². The van der Waals surface area contributed by atoms with Crippen LogP contribution in [0.15, 0.2) is 24.3 Å². The third-order valence-electron chi connectivity index (χ3n) is 2.54. The minimum Gasteiger partial charge on any atom is -0.393 e. The fourth-order valence-corrected chi connectivity index (χ4v) is 1.48. The second kappa shape index (κ2) is 6.22. The summed E-state index contributed by atoms with van der Waals surface area (Å²) in [5.41, 5.74) is 3.63. The van der Waals surface area contributed by atoms with Crippen LogP contribution in [0.3, 0.4) is 0 Å². The molecule has 5 nitrogen and oxygen atoms in total. The molecular weight excluding hydrogens is 218 g/mol. The highest BCUT2D eigenvalue weighted by molar-refractivity contribution is 5.99. The Bertz CT molecular complexity index is 380. The molecule has 1 unspecified atom stereocenters. The summed E-state index contributed by atoms with van der Waals surface area (Å²) in [7, 11) is 1.71. The van der Waals surface area contributed by atoms with E-state index in [9.17, 15) is 9.90 Å². The Morgan fingerprint density at radius 3 is 2.76 bits per heavy atom. The number of nitrogens with one attached hydrogen (secondary N) is 1. The monoisotopic (exact) mass is 237 g/mol. The van der Waals surface area contributed by atoms with Crippen LogP contribution in [0.1, 0.15) is 23.7 Å². The van der Waals surface area contributed by atoms with E-state index in [0.717, 1.165) is 0 Å². The molecule has 4 N–H and O–H groups in total. The summed E-state index contributed by atoms with van der Waals surface area (Å²) in [4.78, 5) is 13.7. The first-order chi connectivity index (χ1) is 8.06. The predicted molar refractivity (Wildman–Crippen MR) is 67.5 cm³/mol. The van der Waals surface area contributed by atoms with Gasteiger partial charge < -0.3 is 15.4 Å². The van der Waals surface area contributed by atoms with E-state index in [1.165, 1.54) is 0 Å². The van der Waals surface area contributed by atoms with Gasteiger partial charge in [0.2, 0.25) is 0 Å². The normalized spacial score (nSPS) is 12.0. The number of hydrogen-bond acceptors (Lipinski definition) is 4. The molecule has 94 valence electrons. The Labute approximate surface area is 101 Å². The van der Waals surface area contributed by atoms with Crippen LogP contribution in [0.2, 0.25) is 0 Å². The van der Waals surface area contributed by atoms with Crippen molar-refractivity contribution in [3.63, 3.8) is 0 Å². The standard InChI is InChI=1S/C12H19N3O2/c1-9(16)7-8-15(2)12(17)10-5-3-4-6-11(10)14-13/h3-6,9,14,16H,7-8,13H2,1-2H3. The zero-order chi connectivity index (χ0) is 12.8. The van der Waals surface area contributed by atoms with Crippen molar-refractivity contribution in [2.75, 3.05) is 19.0 Å². The molecule has 0 aliphatic carbocycles. The first-order valence-corrected chi connectivity index (χ1v) is 5.55. The van der Waals surface area contributed by atoms with Crippen molar-refractivity contribution >= 4 is 11.6 Å². The Balaban J connectivity index is 2.74. The molecular formula is C12H19N3O2. The van der Waals surface area contributed by atoms with Crippen LogP contribution in [-0.2, 0) is 0 Å². The lowest BCUT2D eigenvalue weighted by Gasteiger charge is -2.19. The van der Waals surface area contributed by atoms with E-state index in [4.69, 9.17) is 5.84 Å². The molecule has 0 aromatic heterocycles. The molecule has 0 radical (unpaired) electrons. The maximum Gasteiger partial charge on any atom is 0.255 e. The minimum absolute atomic E-state index is 0.112. The molecule has 1 aromatic carbocycles. The molecule has 5 heteroatoms. The molecule has 0 saturated heterocycles. The van der Waals surface area contributed by atoms with E-state index in [1.54, 1.807) is 37.1 Å². The van der Waals surface area contributed by atoms with Crippen LogP contribution in [0.4, 0.5) is 5.69 Å². The van der Waals surface area contributed by atoms with Crippen LogP contribution >= 0.6 is 0 Å². The number of hydrazine groups is 1. The zero-order valence-electron chi connectivity index (χ0n) is 10.2. The lowest BCUT2D eigenvalue weighted by Crippen LogP contribution is -2.30. The van der Waals surface area contributed by atoms with Gasteiger partial charge in [-0.3, -0.25) is 10.6 Å². The van der Waals surface area contributed by atoms with Gasteiger partial charge in [0, 0.05) is 13.6 Å². The predicted octanol–water partition coefficient (Wildman–Crippen LogP) is 0.815. The number of nitrogens with zero attached hydrogens (tertiary/aromatic N) is 1. The Kier molecular flexibility index (Phi) is 4.93. The van der Waals surface area contributed by atoms with Gasteiger partial charge >= 0.3 is 0 Å². The Hall–Kier alpha value is -1.59. The highest BCUT2D eigenvalue weighted by Gasteiger charge is 2.15. The molecule has 17 heavy (non-hydrogen) atoms. The average Bonchev–Trinajstić information content (AvgIpc) is 2.34. The molecule has 0 spiro atoms. The third-order valence-corrected chi connectivity index (χ3v) is 2.54. The van der Waals surface area contributed by atoms with E-state index in [0.29, 0.717) is 24.2 Å². The lowest BCUT2D eigenvalue weighted by molar-refractivity contribution is 0.0770. The zero-order valence-corrected chi connectivity index (χ0v) is 10.2. The van der Waals surface area contributed by atoms with Gasteiger partial charge in [0.1, 0.15) is 0 Å². The van der Waals surface area contributed by atoms with E-state index in [-0.39, 0.29) is 5.91 Å². The summed E-state index contributed by atoms with van der Waals surface area (Å²) >= 11 is 0. The molecule has 0 aliphatic rings. The van der Waals surface area contributed by atoms with Gasteiger partial charge in [-0.05, 0) is 25.5 Å². The lowest BCUT2D eigenvalue weighted by atomic mass is 10.1. The number of benzene rings is 1. The molecule has 1 aromatic rings. The number of carbonyl (C=O) groups excluding carboxylic acids is 1. The summed E-state index contributed by atoms with van der Waals surface area (Å²) in [5.74, 6) is 5.24. The van der Waals surface area contributed by atoms with Gasteiger partial charge in [-0.25, -0.2) is 0 Å². The smallest absolute Gasteiger partial charge is 0.255 e. The van der Waals surface area contributed by atoms with Gasteiger partial charge in [-0.15, -0.1) is 0 Å². The van der Waals surface area contributed by atoms with Crippen LogP contribution in [0.25, 0.3) is 0 Å². The quantitative estimate of drug-likeness (QED) is 0.523. The second-order valence-corrected chi connectivity index (χ2v) is 4.05. The van der Waals surface area contributed by atoms with Gasteiger partial charge in [0.05, 0.1) is 17.4 Å². The Morgan fingerprint density at radius 1 is 1.53 bits per heavy atom. The van der Waals surface area contributed by atoms with Crippen LogP contribution in [0.5, 0.6) is 0 Å². The van der Waals surface area contributed by atoms with Crippen molar-refractivity contribution in [1.82, 2.24) is 4.90 Å².